The Morgan fingerprint density at radius 2 is 1.91 bits per heavy atom. The Balaban J connectivity index is 1.44. The van der Waals surface area contributed by atoms with Crippen molar-refractivity contribution in [2.24, 2.45) is 5.92 Å². The van der Waals surface area contributed by atoms with E-state index in [0.29, 0.717) is 12.0 Å². The van der Waals surface area contributed by atoms with Gasteiger partial charge in [0.2, 0.25) is 5.95 Å². The highest BCUT2D eigenvalue weighted by Crippen LogP contribution is 2.28. The molecule has 1 atom stereocenters. The maximum atomic E-state index is 6.00. The number of piperidine rings is 1. The first-order chi connectivity index (χ1) is 11.2. The van der Waals surface area contributed by atoms with Gasteiger partial charge in [-0.25, -0.2) is 0 Å². The standard InChI is InChI=1S/C16H25N7/c1-12(21-6-2-3-7-21)13-4-8-22(9-5-13)14-10-15-20-18-11-23(15)16(17)19-14/h10-13H,2-9H2,1H3,(H2,17,19). The number of nitrogen functional groups attached to an aromatic ring is 1. The third-order valence-electron chi connectivity index (χ3n) is 5.57. The van der Waals surface area contributed by atoms with E-state index in [4.69, 9.17) is 5.73 Å². The number of hydrogen-bond donors (Lipinski definition) is 1. The van der Waals surface area contributed by atoms with Crippen LogP contribution in [0.4, 0.5) is 11.8 Å². The van der Waals surface area contributed by atoms with E-state index in [1.165, 1.54) is 38.8 Å². The monoisotopic (exact) mass is 315 g/mol. The van der Waals surface area contributed by atoms with Gasteiger partial charge in [0.05, 0.1) is 0 Å². The van der Waals surface area contributed by atoms with Crippen molar-refractivity contribution in [3.05, 3.63) is 12.4 Å². The van der Waals surface area contributed by atoms with Crippen molar-refractivity contribution in [2.45, 2.75) is 38.6 Å². The molecule has 2 aliphatic heterocycles. The molecule has 0 aromatic carbocycles. The molecule has 2 aliphatic rings. The van der Waals surface area contributed by atoms with Crippen LogP contribution in [0.3, 0.4) is 0 Å². The Hall–Kier alpha value is -1.89. The molecule has 0 amide bonds. The maximum absolute atomic E-state index is 6.00. The lowest BCUT2D eigenvalue weighted by atomic mass is 9.89. The number of nitrogens with two attached hydrogens (primary N) is 1. The average Bonchev–Trinajstić information content (AvgIpc) is 3.26. The number of likely N-dealkylation sites (tertiary alicyclic amines) is 1. The van der Waals surface area contributed by atoms with Crippen LogP contribution < -0.4 is 10.6 Å². The van der Waals surface area contributed by atoms with E-state index in [2.05, 4.69) is 31.9 Å². The number of nitrogens with zero attached hydrogens (tertiary/aromatic N) is 6. The molecule has 4 rings (SSSR count). The van der Waals surface area contributed by atoms with E-state index in [0.717, 1.165) is 30.5 Å². The minimum absolute atomic E-state index is 0.454. The minimum Gasteiger partial charge on any atom is -0.369 e. The van der Waals surface area contributed by atoms with Crippen molar-refractivity contribution in [3.63, 3.8) is 0 Å². The summed E-state index contributed by atoms with van der Waals surface area (Å²) in [5.41, 5.74) is 6.77. The molecule has 7 heteroatoms. The zero-order chi connectivity index (χ0) is 15.8. The second-order valence-corrected chi connectivity index (χ2v) is 6.84. The highest BCUT2D eigenvalue weighted by Gasteiger charge is 2.29. The molecule has 124 valence electrons. The van der Waals surface area contributed by atoms with Crippen molar-refractivity contribution >= 4 is 17.4 Å². The predicted octanol–water partition coefficient (Wildman–Crippen LogP) is 1.41. The zero-order valence-corrected chi connectivity index (χ0v) is 13.7. The molecule has 7 nitrogen and oxygen atoms in total. The molecule has 1 unspecified atom stereocenters. The van der Waals surface area contributed by atoms with Crippen LogP contribution in [0.1, 0.15) is 32.6 Å². The molecule has 2 aromatic heterocycles. The van der Waals surface area contributed by atoms with Crippen molar-refractivity contribution in [3.8, 4) is 0 Å². The lowest BCUT2D eigenvalue weighted by Gasteiger charge is -2.38. The minimum atomic E-state index is 0.454. The largest absolute Gasteiger partial charge is 0.369 e. The van der Waals surface area contributed by atoms with Gasteiger partial charge >= 0.3 is 0 Å². The van der Waals surface area contributed by atoms with Crippen molar-refractivity contribution in [1.29, 1.82) is 0 Å². The summed E-state index contributed by atoms with van der Waals surface area (Å²) in [5, 5.41) is 7.99. The molecule has 0 bridgehead atoms. The van der Waals surface area contributed by atoms with Gasteiger partial charge in [-0.3, -0.25) is 4.40 Å². The normalized spacial score (nSPS) is 22.0. The SMILES string of the molecule is CC(C1CCN(c2cc3nncn3c(N)n2)CC1)N1CCCC1. The van der Waals surface area contributed by atoms with Gasteiger partial charge in [-0.05, 0) is 51.6 Å². The van der Waals surface area contributed by atoms with Gasteiger partial charge in [0.1, 0.15) is 12.1 Å². The van der Waals surface area contributed by atoms with Gasteiger partial charge < -0.3 is 15.5 Å². The highest BCUT2D eigenvalue weighted by atomic mass is 15.3. The van der Waals surface area contributed by atoms with E-state index in [9.17, 15) is 0 Å². The summed E-state index contributed by atoms with van der Waals surface area (Å²) < 4.78 is 1.71. The van der Waals surface area contributed by atoms with E-state index >= 15 is 0 Å². The van der Waals surface area contributed by atoms with Gasteiger partial charge in [0.15, 0.2) is 5.65 Å². The molecule has 4 heterocycles. The molecule has 0 saturated carbocycles. The Labute approximate surface area is 136 Å². The number of rotatable bonds is 3. The fraction of sp³-hybridized carbons (Fsp3) is 0.688. The summed E-state index contributed by atoms with van der Waals surface area (Å²) in [6, 6.07) is 2.68. The molecule has 2 saturated heterocycles. The van der Waals surface area contributed by atoms with Gasteiger partial charge in [-0.1, -0.05) is 0 Å². The molecule has 2 N–H and O–H groups in total. The lowest BCUT2D eigenvalue weighted by molar-refractivity contribution is 0.167. The van der Waals surface area contributed by atoms with Crippen LogP contribution in [0.2, 0.25) is 0 Å². The Bertz CT molecular complexity index is 668. The third kappa shape index (κ3) is 2.73. The molecule has 0 spiro atoms. The Kier molecular flexibility index (Phi) is 3.80. The van der Waals surface area contributed by atoms with Crippen LogP contribution in [0.25, 0.3) is 5.65 Å². The first-order valence-electron chi connectivity index (χ1n) is 8.67. The van der Waals surface area contributed by atoms with E-state index < -0.39 is 0 Å². The second-order valence-electron chi connectivity index (χ2n) is 6.84. The first-order valence-corrected chi connectivity index (χ1v) is 8.67. The van der Waals surface area contributed by atoms with Gasteiger partial charge in [-0.2, -0.15) is 4.98 Å². The van der Waals surface area contributed by atoms with Crippen LogP contribution in [-0.4, -0.2) is 56.7 Å². The van der Waals surface area contributed by atoms with Crippen LogP contribution >= 0.6 is 0 Å². The number of hydrogen-bond acceptors (Lipinski definition) is 6. The fourth-order valence-electron chi connectivity index (χ4n) is 4.06. The smallest absolute Gasteiger partial charge is 0.209 e. The number of aromatic nitrogens is 4. The van der Waals surface area contributed by atoms with Gasteiger partial charge in [-0.15, -0.1) is 10.2 Å². The van der Waals surface area contributed by atoms with Crippen molar-refractivity contribution in [1.82, 2.24) is 24.5 Å². The van der Waals surface area contributed by atoms with Crippen LogP contribution in [0, 0.1) is 5.92 Å². The van der Waals surface area contributed by atoms with Crippen LogP contribution in [0.15, 0.2) is 12.4 Å². The molecule has 2 fully saturated rings. The van der Waals surface area contributed by atoms with Crippen molar-refractivity contribution < 1.29 is 0 Å². The van der Waals surface area contributed by atoms with Crippen molar-refractivity contribution in [2.75, 3.05) is 36.8 Å². The van der Waals surface area contributed by atoms with Crippen LogP contribution in [0.5, 0.6) is 0 Å². The third-order valence-corrected chi connectivity index (χ3v) is 5.57. The lowest BCUT2D eigenvalue weighted by Crippen LogP contribution is -2.43. The van der Waals surface area contributed by atoms with Gasteiger partial charge in [0.25, 0.3) is 0 Å². The molecule has 2 aromatic rings. The summed E-state index contributed by atoms with van der Waals surface area (Å²) in [6.45, 7) is 7.05. The molecular formula is C16H25N7. The van der Waals surface area contributed by atoms with E-state index in [1.807, 2.05) is 6.07 Å². The Morgan fingerprint density at radius 3 is 2.65 bits per heavy atom. The van der Waals surface area contributed by atoms with E-state index in [1.54, 1.807) is 10.7 Å². The summed E-state index contributed by atoms with van der Waals surface area (Å²) >= 11 is 0. The van der Waals surface area contributed by atoms with E-state index in [-0.39, 0.29) is 0 Å². The van der Waals surface area contributed by atoms with Gasteiger partial charge in [0, 0.05) is 25.2 Å². The summed E-state index contributed by atoms with van der Waals surface area (Å²) in [5.74, 6) is 2.17. The molecule has 0 aliphatic carbocycles. The average molecular weight is 315 g/mol. The maximum Gasteiger partial charge on any atom is 0.209 e. The number of anilines is 2. The predicted molar refractivity (Wildman–Crippen MR) is 90.4 cm³/mol. The molecule has 23 heavy (non-hydrogen) atoms. The zero-order valence-electron chi connectivity index (χ0n) is 13.7. The van der Waals surface area contributed by atoms with Crippen LogP contribution in [-0.2, 0) is 0 Å². The Morgan fingerprint density at radius 1 is 1.17 bits per heavy atom. The first kappa shape index (κ1) is 14.7. The number of fused-ring (bicyclic) bond motifs is 1. The molecule has 0 radical (unpaired) electrons. The quantitative estimate of drug-likeness (QED) is 0.923. The highest BCUT2D eigenvalue weighted by molar-refractivity contribution is 5.55. The summed E-state index contributed by atoms with van der Waals surface area (Å²) in [7, 11) is 0. The fourth-order valence-corrected chi connectivity index (χ4v) is 4.06. The summed E-state index contributed by atoms with van der Waals surface area (Å²) in [6.07, 6.45) is 6.77. The molecular weight excluding hydrogens is 290 g/mol. The topological polar surface area (TPSA) is 75.6 Å². The summed E-state index contributed by atoms with van der Waals surface area (Å²) in [4.78, 5) is 9.52. The second kappa shape index (κ2) is 5.96.